The summed E-state index contributed by atoms with van der Waals surface area (Å²) >= 11 is 3.44. The van der Waals surface area contributed by atoms with E-state index in [-0.39, 0.29) is 0 Å². The summed E-state index contributed by atoms with van der Waals surface area (Å²) < 4.78 is 1.09. The number of nitrogens with two attached hydrogens (primary N) is 1. The first-order valence-electron chi connectivity index (χ1n) is 4.50. The molecule has 0 aliphatic rings. The Labute approximate surface area is 87.6 Å². The summed E-state index contributed by atoms with van der Waals surface area (Å²) in [7, 11) is 0. The summed E-state index contributed by atoms with van der Waals surface area (Å²) in [5.41, 5.74) is 7.92. The average molecular weight is 243 g/mol. The highest BCUT2D eigenvalue weighted by atomic mass is 79.9. The van der Waals surface area contributed by atoms with E-state index < -0.39 is 0 Å². The van der Waals surface area contributed by atoms with E-state index in [9.17, 15) is 0 Å². The summed E-state index contributed by atoms with van der Waals surface area (Å²) in [6.07, 6.45) is 1.12. The molecule has 0 spiro atoms. The highest BCUT2D eigenvalue weighted by molar-refractivity contribution is 9.10. The maximum absolute atomic E-state index is 5.62. The first-order valence-corrected chi connectivity index (χ1v) is 5.29. The second-order valence-electron chi connectivity index (χ2n) is 2.93. The summed E-state index contributed by atoms with van der Waals surface area (Å²) in [5, 5.41) is 3.34. The fraction of sp³-hybridized carbons (Fsp3) is 0.400. The Morgan fingerprint density at radius 2 is 2.23 bits per heavy atom. The summed E-state index contributed by atoms with van der Waals surface area (Å²) in [4.78, 5) is 0. The van der Waals surface area contributed by atoms with Crippen LogP contribution in [0.2, 0.25) is 0 Å². The minimum atomic E-state index is 0.583. The van der Waals surface area contributed by atoms with Crippen molar-refractivity contribution in [1.82, 2.24) is 0 Å². The van der Waals surface area contributed by atoms with Gasteiger partial charge in [0.2, 0.25) is 0 Å². The normalized spacial score (nSPS) is 10.1. The number of hydrogen-bond donors (Lipinski definition) is 2. The van der Waals surface area contributed by atoms with Crippen LogP contribution in [0.5, 0.6) is 0 Å². The van der Waals surface area contributed by atoms with Crippen LogP contribution < -0.4 is 11.1 Å². The molecule has 0 saturated heterocycles. The summed E-state index contributed by atoms with van der Waals surface area (Å²) in [6.45, 7) is 3.72. The van der Waals surface area contributed by atoms with Gasteiger partial charge in [0.15, 0.2) is 0 Å². The van der Waals surface area contributed by atoms with Crippen LogP contribution in [0, 0.1) is 0 Å². The molecule has 1 aromatic carbocycles. The Morgan fingerprint density at radius 1 is 1.46 bits per heavy atom. The Kier molecular flexibility index (Phi) is 4.25. The quantitative estimate of drug-likeness (QED) is 0.853. The maximum Gasteiger partial charge on any atom is 0.0397 e. The summed E-state index contributed by atoms with van der Waals surface area (Å²) in [6, 6.07) is 6.12. The monoisotopic (exact) mass is 242 g/mol. The van der Waals surface area contributed by atoms with Crippen LogP contribution in [0.25, 0.3) is 0 Å². The third-order valence-corrected chi connectivity index (χ3v) is 2.35. The smallest absolute Gasteiger partial charge is 0.0397 e. The molecule has 13 heavy (non-hydrogen) atoms. The standard InChI is InChI=1S/C10H15BrN2/c1-2-5-13-10-6-9(11)4-3-8(10)7-12/h3-4,6,13H,2,5,7,12H2,1H3. The minimum absolute atomic E-state index is 0.583. The lowest BCUT2D eigenvalue weighted by Crippen LogP contribution is -2.06. The Bertz CT molecular complexity index is 274. The fourth-order valence-electron chi connectivity index (χ4n) is 1.15. The van der Waals surface area contributed by atoms with E-state index >= 15 is 0 Å². The predicted octanol–water partition coefficient (Wildman–Crippen LogP) is 2.73. The largest absolute Gasteiger partial charge is 0.385 e. The molecule has 1 rings (SSSR count). The van der Waals surface area contributed by atoms with Crippen LogP contribution in [0.1, 0.15) is 18.9 Å². The van der Waals surface area contributed by atoms with Crippen molar-refractivity contribution >= 4 is 21.6 Å². The molecule has 0 saturated carbocycles. The highest BCUT2D eigenvalue weighted by Gasteiger charge is 1.99. The lowest BCUT2D eigenvalue weighted by atomic mass is 10.2. The lowest BCUT2D eigenvalue weighted by Gasteiger charge is -2.10. The van der Waals surface area contributed by atoms with Crippen molar-refractivity contribution in [3.63, 3.8) is 0 Å². The third kappa shape index (κ3) is 3.01. The molecular formula is C10H15BrN2. The van der Waals surface area contributed by atoms with Crippen molar-refractivity contribution in [2.45, 2.75) is 19.9 Å². The predicted molar refractivity (Wildman–Crippen MR) is 60.8 cm³/mol. The zero-order valence-corrected chi connectivity index (χ0v) is 9.39. The number of rotatable bonds is 4. The van der Waals surface area contributed by atoms with Gasteiger partial charge in [0.25, 0.3) is 0 Å². The number of nitrogens with one attached hydrogen (secondary N) is 1. The number of benzene rings is 1. The maximum atomic E-state index is 5.62. The van der Waals surface area contributed by atoms with Crippen molar-refractivity contribution < 1.29 is 0 Å². The van der Waals surface area contributed by atoms with Crippen LogP contribution in [-0.2, 0) is 6.54 Å². The van der Waals surface area contributed by atoms with Crippen LogP contribution in [0.15, 0.2) is 22.7 Å². The molecule has 0 amide bonds. The molecule has 3 N–H and O–H groups in total. The molecule has 3 heteroatoms. The molecular weight excluding hydrogens is 228 g/mol. The van der Waals surface area contributed by atoms with Crippen LogP contribution in [0.3, 0.4) is 0 Å². The van der Waals surface area contributed by atoms with Gasteiger partial charge in [-0.2, -0.15) is 0 Å². The van der Waals surface area contributed by atoms with Gasteiger partial charge >= 0.3 is 0 Å². The van der Waals surface area contributed by atoms with Crippen LogP contribution in [-0.4, -0.2) is 6.54 Å². The van der Waals surface area contributed by atoms with E-state index in [4.69, 9.17) is 5.73 Å². The lowest BCUT2D eigenvalue weighted by molar-refractivity contribution is 0.968. The van der Waals surface area contributed by atoms with Crippen molar-refractivity contribution in [1.29, 1.82) is 0 Å². The molecule has 72 valence electrons. The van der Waals surface area contributed by atoms with Gasteiger partial charge < -0.3 is 11.1 Å². The molecule has 0 unspecified atom stereocenters. The Balaban J connectivity index is 2.81. The van der Waals surface area contributed by atoms with Gasteiger partial charge in [0, 0.05) is 23.2 Å². The van der Waals surface area contributed by atoms with Crippen molar-refractivity contribution in [2.24, 2.45) is 5.73 Å². The molecule has 0 radical (unpaired) electrons. The molecule has 0 aliphatic heterocycles. The van der Waals surface area contributed by atoms with E-state index in [2.05, 4.69) is 34.2 Å². The van der Waals surface area contributed by atoms with Gasteiger partial charge in [-0.15, -0.1) is 0 Å². The molecule has 0 aliphatic carbocycles. The zero-order valence-electron chi connectivity index (χ0n) is 7.81. The topological polar surface area (TPSA) is 38.0 Å². The second-order valence-corrected chi connectivity index (χ2v) is 3.85. The Morgan fingerprint density at radius 3 is 2.85 bits per heavy atom. The Hall–Kier alpha value is -0.540. The van der Waals surface area contributed by atoms with Crippen molar-refractivity contribution in [3.8, 4) is 0 Å². The van der Waals surface area contributed by atoms with Gasteiger partial charge in [0.1, 0.15) is 0 Å². The second kappa shape index (κ2) is 5.25. The number of hydrogen-bond acceptors (Lipinski definition) is 2. The molecule has 0 fully saturated rings. The third-order valence-electron chi connectivity index (χ3n) is 1.86. The molecule has 2 nitrogen and oxygen atoms in total. The number of anilines is 1. The van der Waals surface area contributed by atoms with E-state index in [0.717, 1.165) is 28.7 Å². The van der Waals surface area contributed by atoms with E-state index in [1.54, 1.807) is 0 Å². The summed E-state index contributed by atoms with van der Waals surface area (Å²) in [5.74, 6) is 0. The van der Waals surface area contributed by atoms with Crippen molar-refractivity contribution in [3.05, 3.63) is 28.2 Å². The van der Waals surface area contributed by atoms with Gasteiger partial charge in [-0.1, -0.05) is 28.9 Å². The van der Waals surface area contributed by atoms with Crippen molar-refractivity contribution in [2.75, 3.05) is 11.9 Å². The van der Waals surface area contributed by atoms with Crippen LogP contribution in [0.4, 0.5) is 5.69 Å². The van der Waals surface area contributed by atoms with Crippen LogP contribution >= 0.6 is 15.9 Å². The SMILES string of the molecule is CCCNc1cc(Br)ccc1CN. The molecule has 1 aromatic rings. The van der Waals surface area contributed by atoms with Gasteiger partial charge in [-0.05, 0) is 24.1 Å². The van der Waals surface area contributed by atoms with Gasteiger partial charge in [-0.3, -0.25) is 0 Å². The first-order chi connectivity index (χ1) is 6.27. The fourth-order valence-corrected chi connectivity index (χ4v) is 1.51. The van der Waals surface area contributed by atoms with E-state index in [1.807, 2.05) is 12.1 Å². The molecule has 0 bridgehead atoms. The molecule has 0 aromatic heterocycles. The highest BCUT2D eigenvalue weighted by Crippen LogP contribution is 2.20. The number of halogens is 1. The van der Waals surface area contributed by atoms with E-state index in [0.29, 0.717) is 6.54 Å². The zero-order chi connectivity index (χ0) is 9.68. The van der Waals surface area contributed by atoms with Gasteiger partial charge in [-0.25, -0.2) is 0 Å². The van der Waals surface area contributed by atoms with Gasteiger partial charge in [0.05, 0.1) is 0 Å². The first kappa shape index (κ1) is 10.5. The average Bonchev–Trinajstić information content (AvgIpc) is 2.15. The molecule has 0 atom stereocenters. The molecule has 0 heterocycles. The van der Waals surface area contributed by atoms with E-state index in [1.165, 1.54) is 0 Å². The minimum Gasteiger partial charge on any atom is -0.385 e.